The third-order valence-electron chi connectivity index (χ3n) is 3.12. The average molecular weight is 299 g/mol. The van der Waals surface area contributed by atoms with Gasteiger partial charge < -0.3 is 4.74 Å². The van der Waals surface area contributed by atoms with Crippen molar-refractivity contribution >= 4 is 23.3 Å². The van der Waals surface area contributed by atoms with E-state index in [0.717, 1.165) is 23.6 Å². The Balaban J connectivity index is 2.22. The van der Waals surface area contributed by atoms with Crippen molar-refractivity contribution in [1.29, 1.82) is 0 Å². The molecule has 0 aromatic heterocycles. The molecule has 0 aliphatic heterocycles. The highest BCUT2D eigenvalue weighted by Gasteiger charge is 1.98. The van der Waals surface area contributed by atoms with Crippen LogP contribution in [-0.4, -0.2) is 13.7 Å². The molecule has 0 saturated carbocycles. The standard InChI is InChI=1S/C19H19ClO/c1-21-15-5-8-17(18-11-13-19(20)14-12-18)10-9-16-6-3-2-4-7-16/h2-4,6-14H,5,15H2,1H3/b10-9+,17-8-. The second-order valence-corrected chi connectivity index (χ2v) is 5.13. The van der Waals surface area contributed by atoms with Crippen LogP contribution in [0.15, 0.2) is 66.7 Å². The molecule has 0 N–H and O–H groups in total. The Morgan fingerprint density at radius 2 is 1.76 bits per heavy atom. The van der Waals surface area contributed by atoms with E-state index in [1.807, 2.05) is 42.5 Å². The molecule has 0 bridgehead atoms. The van der Waals surface area contributed by atoms with Gasteiger partial charge in [0.1, 0.15) is 0 Å². The van der Waals surface area contributed by atoms with Crippen LogP contribution in [0, 0.1) is 0 Å². The lowest BCUT2D eigenvalue weighted by Gasteiger charge is -2.04. The van der Waals surface area contributed by atoms with E-state index in [9.17, 15) is 0 Å². The topological polar surface area (TPSA) is 9.23 Å². The maximum atomic E-state index is 5.96. The number of hydrogen-bond donors (Lipinski definition) is 0. The highest BCUT2D eigenvalue weighted by atomic mass is 35.5. The van der Waals surface area contributed by atoms with Gasteiger partial charge in [0, 0.05) is 18.7 Å². The van der Waals surface area contributed by atoms with E-state index >= 15 is 0 Å². The summed E-state index contributed by atoms with van der Waals surface area (Å²) in [6, 6.07) is 18.2. The van der Waals surface area contributed by atoms with E-state index in [0.29, 0.717) is 0 Å². The monoisotopic (exact) mass is 298 g/mol. The summed E-state index contributed by atoms with van der Waals surface area (Å²) in [5.41, 5.74) is 3.51. The van der Waals surface area contributed by atoms with Crippen LogP contribution in [0.4, 0.5) is 0 Å². The van der Waals surface area contributed by atoms with Crippen molar-refractivity contribution in [2.24, 2.45) is 0 Å². The van der Waals surface area contributed by atoms with E-state index in [4.69, 9.17) is 16.3 Å². The van der Waals surface area contributed by atoms with Gasteiger partial charge in [-0.2, -0.15) is 0 Å². The Hall–Kier alpha value is -1.83. The lowest BCUT2D eigenvalue weighted by atomic mass is 10.0. The van der Waals surface area contributed by atoms with Gasteiger partial charge in [-0.05, 0) is 35.3 Å². The molecule has 1 nitrogen and oxygen atoms in total. The van der Waals surface area contributed by atoms with Crippen molar-refractivity contribution < 1.29 is 4.74 Å². The fourth-order valence-electron chi connectivity index (χ4n) is 2.01. The Bertz CT molecular complexity index is 597. The lowest BCUT2D eigenvalue weighted by Crippen LogP contribution is -1.87. The molecule has 2 aromatic rings. The predicted octanol–water partition coefficient (Wildman–Crippen LogP) is 5.47. The highest BCUT2D eigenvalue weighted by Crippen LogP contribution is 2.20. The smallest absolute Gasteiger partial charge is 0.0497 e. The normalized spacial score (nSPS) is 12.0. The zero-order valence-corrected chi connectivity index (χ0v) is 12.9. The molecule has 0 spiro atoms. The van der Waals surface area contributed by atoms with Gasteiger partial charge in [0.15, 0.2) is 0 Å². The van der Waals surface area contributed by atoms with Gasteiger partial charge in [-0.1, -0.05) is 72.3 Å². The molecule has 0 atom stereocenters. The number of methoxy groups -OCH3 is 1. The van der Waals surface area contributed by atoms with E-state index < -0.39 is 0 Å². The third-order valence-corrected chi connectivity index (χ3v) is 3.37. The maximum Gasteiger partial charge on any atom is 0.0497 e. The summed E-state index contributed by atoms with van der Waals surface area (Å²) in [4.78, 5) is 0. The summed E-state index contributed by atoms with van der Waals surface area (Å²) in [6.45, 7) is 0.719. The molecule has 2 rings (SSSR count). The first-order valence-corrected chi connectivity index (χ1v) is 7.35. The molecule has 0 saturated heterocycles. The van der Waals surface area contributed by atoms with Crippen molar-refractivity contribution in [3.63, 3.8) is 0 Å². The van der Waals surface area contributed by atoms with Gasteiger partial charge in [0.2, 0.25) is 0 Å². The van der Waals surface area contributed by atoms with Crippen LogP contribution in [-0.2, 0) is 4.74 Å². The third kappa shape index (κ3) is 5.22. The van der Waals surface area contributed by atoms with E-state index in [1.165, 1.54) is 11.1 Å². The summed E-state index contributed by atoms with van der Waals surface area (Å²) in [6.07, 6.45) is 7.32. The number of ether oxygens (including phenoxy) is 1. The number of allylic oxidation sites excluding steroid dienone is 2. The molecular weight excluding hydrogens is 280 g/mol. The molecule has 2 aromatic carbocycles. The van der Waals surface area contributed by atoms with Gasteiger partial charge >= 0.3 is 0 Å². The first-order chi connectivity index (χ1) is 10.3. The molecule has 0 amide bonds. The second-order valence-electron chi connectivity index (χ2n) is 4.69. The van der Waals surface area contributed by atoms with Crippen molar-refractivity contribution in [2.45, 2.75) is 6.42 Å². The Labute approximate surface area is 131 Å². The Morgan fingerprint density at radius 1 is 1.05 bits per heavy atom. The minimum atomic E-state index is 0.719. The SMILES string of the molecule is COCC/C=C(/C=C/c1ccccc1)c1ccc(Cl)cc1. The lowest BCUT2D eigenvalue weighted by molar-refractivity contribution is 0.204. The first-order valence-electron chi connectivity index (χ1n) is 6.98. The number of benzene rings is 2. The van der Waals surface area contributed by atoms with Crippen molar-refractivity contribution in [3.8, 4) is 0 Å². The molecule has 0 aliphatic carbocycles. The molecule has 0 unspecified atom stereocenters. The van der Waals surface area contributed by atoms with E-state index in [-0.39, 0.29) is 0 Å². The molecule has 0 heterocycles. The van der Waals surface area contributed by atoms with E-state index in [2.05, 4.69) is 30.4 Å². The van der Waals surface area contributed by atoms with Crippen molar-refractivity contribution in [1.82, 2.24) is 0 Å². The first kappa shape index (κ1) is 15.6. The predicted molar refractivity (Wildman–Crippen MR) is 91.4 cm³/mol. The highest BCUT2D eigenvalue weighted by molar-refractivity contribution is 6.30. The van der Waals surface area contributed by atoms with Crippen LogP contribution in [0.2, 0.25) is 5.02 Å². The largest absolute Gasteiger partial charge is 0.384 e. The zero-order valence-electron chi connectivity index (χ0n) is 12.1. The molecule has 0 fully saturated rings. The second kappa shape index (κ2) is 8.46. The van der Waals surface area contributed by atoms with Crippen LogP contribution in [0.25, 0.3) is 11.6 Å². The average Bonchev–Trinajstić information content (AvgIpc) is 2.53. The summed E-state index contributed by atoms with van der Waals surface area (Å²) in [5.74, 6) is 0. The van der Waals surface area contributed by atoms with Crippen molar-refractivity contribution in [3.05, 3.63) is 82.9 Å². The number of rotatable bonds is 6. The molecular formula is C19H19ClO. The van der Waals surface area contributed by atoms with Gasteiger partial charge in [0.25, 0.3) is 0 Å². The summed E-state index contributed by atoms with van der Waals surface area (Å²) < 4.78 is 5.12. The van der Waals surface area contributed by atoms with Crippen LogP contribution in [0.3, 0.4) is 0 Å². The molecule has 2 heteroatoms. The van der Waals surface area contributed by atoms with Crippen LogP contribution < -0.4 is 0 Å². The summed E-state index contributed by atoms with van der Waals surface area (Å²) >= 11 is 5.96. The number of halogens is 1. The molecule has 0 radical (unpaired) electrons. The molecule has 21 heavy (non-hydrogen) atoms. The molecule has 108 valence electrons. The zero-order chi connectivity index (χ0) is 14.9. The van der Waals surface area contributed by atoms with Crippen LogP contribution >= 0.6 is 11.6 Å². The minimum absolute atomic E-state index is 0.719. The van der Waals surface area contributed by atoms with Crippen LogP contribution in [0.1, 0.15) is 17.5 Å². The Kier molecular flexibility index (Phi) is 6.26. The fraction of sp³-hybridized carbons (Fsp3) is 0.158. The summed E-state index contributed by atoms with van der Waals surface area (Å²) in [7, 11) is 1.72. The fourth-order valence-corrected chi connectivity index (χ4v) is 2.13. The maximum absolute atomic E-state index is 5.96. The van der Waals surface area contributed by atoms with Gasteiger partial charge in [-0.25, -0.2) is 0 Å². The van der Waals surface area contributed by atoms with Crippen LogP contribution in [0.5, 0.6) is 0 Å². The van der Waals surface area contributed by atoms with Gasteiger partial charge in [-0.15, -0.1) is 0 Å². The molecule has 0 aliphatic rings. The van der Waals surface area contributed by atoms with E-state index in [1.54, 1.807) is 7.11 Å². The minimum Gasteiger partial charge on any atom is -0.384 e. The summed E-state index contributed by atoms with van der Waals surface area (Å²) in [5, 5.41) is 0.752. The Morgan fingerprint density at radius 3 is 2.43 bits per heavy atom. The quantitative estimate of drug-likeness (QED) is 0.507. The number of hydrogen-bond acceptors (Lipinski definition) is 1. The van der Waals surface area contributed by atoms with Crippen molar-refractivity contribution in [2.75, 3.05) is 13.7 Å². The van der Waals surface area contributed by atoms with Gasteiger partial charge in [-0.3, -0.25) is 0 Å². The van der Waals surface area contributed by atoms with Gasteiger partial charge in [0.05, 0.1) is 0 Å².